The van der Waals surface area contributed by atoms with Crippen molar-refractivity contribution in [2.75, 3.05) is 6.54 Å². The summed E-state index contributed by atoms with van der Waals surface area (Å²) in [7, 11) is -3.71. The number of sulfonamides is 1. The standard InChI is InChI=1S/C10H11ClN2O3S/c1-7(14)6-13-17(15,16)9-3-2-8(5-12)10(11)4-9/h2-4,7,13-14H,6H2,1H3. The maximum atomic E-state index is 11.7. The molecule has 0 aromatic heterocycles. The number of halogens is 1. The first kappa shape index (κ1) is 13.9. The van der Waals surface area contributed by atoms with Gasteiger partial charge in [0.05, 0.1) is 21.6 Å². The van der Waals surface area contributed by atoms with Crippen LogP contribution in [0.1, 0.15) is 12.5 Å². The molecule has 5 nitrogen and oxygen atoms in total. The Labute approximate surface area is 105 Å². The number of rotatable bonds is 4. The van der Waals surface area contributed by atoms with E-state index in [-0.39, 0.29) is 22.0 Å². The van der Waals surface area contributed by atoms with Crippen LogP contribution in [0.3, 0.4) is 0 Å². The van der Waals surface area contributed by atoms with Gasteiger partial charge >= 0.3 is 0 Å². The molecule has 0 aliphatic rings. The maximum Gasteiger partial charge on any atom is 0.240 e. The summed E-state index contributed by atoms with van der Waals surface area (Å²) in [6.07, 6.45) is -0.779. The van der Waals surface area contributed by atoms with Crippen molar-refractivity contribution in [2.24, 2.45) is 0 Å². The van der Waals surface area contributed by atoms with E-state index in [9.17, 15) is 8.42 Å². The first-order valence-electron chi connectivity index (χ1n) is 4.74. The number of nitriles is 1. The molecule has 17 heavy (non-hydrogen) atoms. The Morgan fingerprint density at radius 2 is 2.24 bits per heavy atom. The summed E-state index contributed by atoms with van der Waals surface area (Å²) in [5, 5.41) is 17.7. The molecule has 0 aliphatic carbocycles. The van der Waals surface area contributed by atoms with E-state index < -0.39 is 16.1 Å². The Balaban J connectivity index is 3.01. The summed E-state index contributed by atoms with van der Waals surface area (Å²) in [6, 6.07) is 5.65. The fourth-order valence-corrected chi connectivity index (χ4v) is 2.50. The normalized spacial score (nSPS) is 13.1. The van der Waals surface area contributed by atoms with Gasteiger partial charge < -0.3 is 5.11 Å². The largest absolute Gasteiger partial charge is 0.392 e. The van der Waals surface area contributed by atoms with E-state index in [0.717, 1.165) is 0 Å². The van der Waals surface area contributed by atoms with E-state index in [1.54, 1.807) is 0 Å². The molecule has 1 rings (SSSR count). The van der Waals surface area contributed by atoms with E-state index in [4.69, 9.17) is 22.0 Å². The van der Waals surface area contributed by atoms with Gasteiger partial charge in [-0.2, -0.15) is 5.26 Å². The van der Waals surface area contributed by atoms with Crippen LogP contribution in [0.5, 0.6) is 0 Å². The molecular weight excluding hydrogens is 264 g/mol. The summed E-state index contributed by atoms with van der Waals surface area (Å²) in [5.41, 5.74) is 0.209. The number of nitrogens with one attached hydrogen (secondary N) is 1. The molecule has 7 heteroatoms. The van der Waals surface area contributed by atoms with Gasteiger partial charge in [0.1, 0.15) is 6.07 Å². The van der Waals surface area contributed by atoms with E-state index in [2.05, 4.69) is 4.72 Å². The molecule has 92 valence electrons. The quantitative estimate of drug-likeness (QED) is 0.852. The Kier molecular flexibility index (Phi) is 4.48. The van der Waals surface area contributed by atoms with Gasteiger partial charge in [-0.15, -0.1) is 0 Å². The van der Waals surface area contributed by atoms with Crippen LogP contribution in [0, 0.1) is 11.3 Å². The van der Waals surface area contributed by atoms with Crippen molar-refractivity contribution in [1.82, 2.24) is 4.72 Å². The molecule has 0 amide bonds. The van der Waals surface area contributed by atoms with Crippen molar-refractivity contribution in [3.8, 4) is 6.07 Å². The second-order valence-electron chi connectivity index (χ2n) is 3.45. The first-order valence-corrected chi connectivity index (χ1v) is 6.60. The van der Waals surface area contributed by atoms with Crippen LogP contribution < -0.4 is 4.72 Å². The Morgan fingerprint density at radius 3 is 2.71 bits per heavy atom. The number of aliphatic hydroxyl groups excluding tert-OH is 1. The molecule has 1 aromatic rings. The fourth-order valence-electron chi connectivity index (χ4n) is 1.07. The number of aliphatic hydroxyl groups is 1. The number of benzene rings is 1. The smallest absolute Gasteiger partial charge is 0.240 e. The topological polar surface area (TPSA) is 90.2 Å². The van der Waals surface area contributed by atoms with Gasteiger partial charge in [-0.25, -0.2) is 13.1 Å². The zero-order valence-electron chi connectivity index (χ0n) is 9.01. The lowest BCUT2D eigenvalue weighted by Gasteiger charge is -2.08. The van der Waals surface area contributed by atoms with Gasteiger partial charge in [0.15, 0.2) is 0 Å². The van der Waals surface area contributed by atoms with Crippen molar-refractivity contribution in [1.29, 1.82) is 5.26 Å². The lowest BCUT2D eigenvalue weighted by molar-refractivity contribution is 0.198. The number of hydrogen-bond donors (Lipinski definition) is 2. The van der Waals surface area contributed by atoms with Gasteiger partial charge in [0.25, 0.3) is 0 Å². The summed E-state index contributed by atoms with van der Waals surface area (Å²) in [5.74, 6) is 0. The van der Waals surface area contributed by atoms with Crippen LogP contribution in [0.2, 0.25) is 5.02 Å². The number of nitrogens with zero attached hydrogens (tertiary/aromatic N) is 1. The molecule has 0 heterocycles. The van der Waals surface area contributed by atoms with Crippen LogP contribution in [-0.2, 0) is 10.0 Å². The first-order chi connectivity index (χ1) is 7.86. The lowest BCUT2D eigenvalue weighted by Crippen LogP contribution is -2.30. The highest BCUT2D eigenvalue weighted by Crippen LogP contribution is 2.19. The van der Waals surface area contributed by atoms with Gasteiger partial charge in [-0.3, -0.25) is 0 Å². The third-order valence-corrected chi connectivity index (χ3v) is 3.67. The molecule has 0 saturated carbocycles. The second-order valence-corrected chi connectivity index (χ2v) is 5.63. The molecule has 0 spiro atoms. The highest BCUT2D eigenvalue weighted by Gasteiger charge is 2.15. The average Bonchev–Trinajstić information content (AvgIpc) is 2.26. The van der Waals surface area contributed by atoms with E-state index in [1.165, 1.54) is 25.1 Å². The molecule has 0 saturated heterocycles. The molecule has 0 radical (unpaired) electrons. The Morgan fingerprint density at radius 1 is 1.59 bits per heavy atom. The van der Waals surface area contributed by atoms with Gasteiger partial charge in [-0.05, 0) is 25.1 Å². The van der Waals surface area contributed by atoms with Crippen molar-refractivity contribution in [3.63, 3.8) is 0 Å². The predicted molar refractivity (Wildman–Crippen MR) is 63.0 cm³/mol. The van der Waals surface area contributed by atoms with E-state index in [0.29, 0.717) is 0 Å². The minimum Gasteiger partial charge on any atom is -0.392 e. The zero-order valence-corrected chi connectivity index (χ0v) is 10.6. The highest BCUT2D eigenvalue weighted by molar-refractivity contribution is 7.89. The summed E-state index contributed by atoms with van der Waals surface area (Å²) < 4.78 is 25.7. The van der Waals surface area contributed by atoms with E-state index in [1.807, 2.05) is 6.07 Å². The molecular formula is C10H11ClN2O3S. The minimum atomic E-state index is -3.71. The monoisotopic (exact) mass is 274 g/mol. The van der Waals surface area contributed by atoms with Crippen LogP contribution in [0.15, 0.2) is 23.1 Å². The molecule has 1 atom stereocenters. The molecule has 1 unspecified atom stereocenters. The predicted octanol–water partition coefficient (Wildman–Crippen LogP) is 0.871. The molecule has 0 aliphatic heterocycles. The summed E-state index contributed by atoms with van der Waals surface area (Å²) in [6.45, 7) is 1.38. The average molecular weight is 275 g/mol. The van der Waals surface area contributed by atoms with Gasteiger partial charge in [-0.1, -0.05) is 11.6 Å². The third kappa shape index (κ3) is 3.68. The van der Waals surface area contributed by atoms with Crippen LogP contribution in [0.25, 0.3) is 0 Å². The highest BCUT2D eigenvalue weighted by atomic mass is 35.5. The number of hydrogen-bond acceptors (Lipinski definition) is 4. The van der Waals surface area contributed by atoms with Crippen LogP contribution in [-0.4, -0.2) is 26.2 Å². The Hall–Kier alpha value is -1.13. The van der Waals surface area contributed by atoms with Gasteiger partial charge in [0, 0.05) is 6.54 Å². The van der Waals surface area contributed by atoms with Crippen molar-refractivity contribution >= 4 is 21.6 Å². The fraction of sp³-hybridized carbons (Fsp3) is 0.300. The van der Waals surface area contributed by atoms with Crippen molar-refractivity contribution in [3.05, 3.63) is 28.8 Å². The molecule has 0 fully saturated rings. The molecule has 1 aromatic carbocycles. The third-order valence-electron chi connectivity index (χ3n) is 1.94. The summed E-state index contributed by atoms with van der Waals surface area (Å²) in [4.78, 5) is -0.0397. The maximum absolute atomic E-state index is 11.7. The Bertz CT molecular complexity index is 549. The summed E-state index contributed by atoms with van der Waals surface area (Å²) >= 11 is 5.73. The SMILES string of the molecule is CC(O)CNS(=O)(=O)c1ccc(C#N)c(Cl)c1. The zero-order chi connectivity index (χ0) is 13.1. The van der Waals surface area contributed by atoms with Gasteiger partial charge in [0.2, 0.25) is 10.0 Å². The lowest BCUT2D eigenvalue weighted by atomic mass is 10.2. The minimum absolute atomic E-state index is 0.0397. The molecule has 0 bridgehead atoms. The second kappa shape index (κ2) is 5.47. The van der Waals surface area contributed by atoms with Crippen molar-refractivity contribution in [2.45, 2.75) is 17.9 Å². The van der Waals surface area contributed by atoms with E-state index >= 15 is 0 Å². The molecule has 2 N–H and O–H groups in total. The van der Waals surface area contributed by atoms with Crippen LogP contribution in [0.4, 0.5) is 0 Å². The van der Waals surface area contributed by atoms with Crippen molar-refractivity contribution < 1.29 is 13.5 Å². The van der Waals surface area contributed by atoms with Crippen LogP contribution >= 0.6 is 11.6 Å².